The maximum Gasteiger partial charge on any atom is 0.305 e. The number of esters is 1. The summed E-state index contributed by atoms with van der Waals surface area (Å²) in [5, 5.41) is 23.0. The smallest absolute Gasteiger partial charge is 0.305 e. The molecule has 0 bridgehead atoms. The van der Waals surface area contributed by atoms with Crippen LogP contribution in [0.5, 0.6) is 0 Å². The third-order valence-electron chi connectivity index (χ3n) is 14.1. The molecule has 3 N–H and O–H groups in total. The summed E-state index contributed by atoms with van der Waals surface area (Å²) in [5.41, 5.74) is 0. The Morgan fingerprint density at radius 2 is 0.681 bits per heavy atom. The first kappa shape index (κ1) is 67.1. The summed E-state index contributed by atoms with van der Waals surface area (Å²) in [5.74, 6) is -0.0638. The van der Waals surface area contributed by atoms with Gasteiger partial charge in [-0.05, 0) is 83.5 Å². The van der Waals surface area contributed by atoms with E-state index in [9.17, 15) is 19.8 Å². The molecule has 0 aromatic rings. The van der Waals surface area contributed by atoms with Gasteiger partial charge < -0.3 is 20.3 Å². The highest BCUT2D eigenvalue weighted by Crippen LogP contribution is 2.17. The molecule has 0 heterocycles. The molecule has 0 aromatic heterocycles. The minimum atomic E-state index is -0.843. The van der Waals surface area contributed by atoms with Crippen molar-refractivity contribution in [1.29, 1.82) is 0 Å². The van der Waals surface area contributed by atoms with E-state index in [1.54, 1.807) is 6.08 Å². The van der Waals surface area contributed by atoms with E-state index in [4.69, 9.17) is 4.74 Å². The van der Waals surface area contributed by atoms with Gasteiger partial charge in [-0.15, -0.1) is 0 Å². The van der Waals surface area contributed by atoms with Crippen LogP contribution in [0, 0.1) is 0 Å². The molecular formula is C63H119NO5. The van der Waals surface area contributed by atoms with Crippen LogP contribution in [0.25, 0.3) is 0 Å². The number of aliphatic hydroxyl groups is 2. The van der Waals surface area contributed by atoms with Crippen molar-refractivity contribution in [2.45, 2.75) is 341 Å². The summed E-state index contributed by atoms with van der Waals surface area (Å²) < 4.78 is 5.48. The Morgan fingerprint density at radius 3 is 1.03 bits per heavy atom. The SMILES string of the molecule is CCCCCCC/C=C\CCCCCCCC(=O)OCCCCCCCCCCCCCC/C=C\CCCCCCCCCCCCCC(=O)NC(CO)C(O)/C=C/CCCCCCCCCCC. The fourth-order valence-corrected chi connectivity index (χ4v) is 9.39. The van der Waals surface area contributed by atoms with Crippen molar-refractivity contribution in [3.8, 4) is 0 Å². The van der Waals surface area contributed by atoms with Gasteiger partial charge in [-0.1, -0.05) is 269 Å². The van der Waals surface area contributed by atoms with E-state index in [0.29, 0.717) is 19.4 Å². The first-order valence-corrected chi connectivity index (χ1v) is 30.8. The van der Waals surface area contributed by atoms with Gasteiger partial charge in [-0.25, -0.2) is 0 Å². The summed E-state index contributed by atoms with van der Waals surface area (Å²) in [4.78, 5) is 24.5. The molecule has 0 aliphatic carbocycles. The molecule has 0 aliphatic heterocycles. The van der Waals surface area contributed by atoms with Crippen molar-refractivity contribution in [3.63, 3.8) is 0 Å². The van der Waals surface area contributed by atoms with Crippen molar-refractivity contribution in [2.75, 3.05) is 13.2 Å². The fraction of sp³-hybridized carbons (Fsp3) is 0.873. The maximum absolute atomic E-state index is 12.4. The lowest BCUT2D eigenvalue weighted by Gasteiger charge is -2.20. The predicted molar refractivity (Wildman–Crippen MR) is 301 cm³/mol. The Bertz CT molecular complexity index is 1120. The third-order valence-corrected chi connectivity index (χ3v) is 14.1. The largest absolute Gasteiger partial charge is 0.466 e. The minimum absolute atomic E-state index is 0.00596. The van der Waals surface area contributed by atoms with Gasteiger partial charge in [0.2, 0.25) is 5.91 Å². The fourth-order valence-electron chi connectivity index (χ4n) is 9.39. The van der Waals surface area contributed by atoms with E-state index >= 15 is 0 Å². The highest BCUT2D eigenvalue weighted by molar-refractivity contribution is 5.76. The van der Waals surface area contributed by atoms with Crippen LogP contribution in [0.2, 0.25) is 0 Å². The first-order valence-electron chi connectivity index (χ1n) is 30.8. The molecule has 1 amide bonds. The number of rotatable bonds is 57. The second-order valence-electron chi connectivity index (χ2n) is 21.0. The number of amides is 1. The van der Waals surface area contributed by atoms with Gasteiger partial charge in [0.1, 0.15) is 0 Å². The van der Waals surface area contributed by atoms with E-state index in [1.807, 2.05) is 6.08 Å². The molecule has 69 heavy (non-hydrogen) atoms. The quantitative estimate of drug-likeness (QED) is 0.0321. The number of aliphatic hydroxyl groups excluding tert-OH is 2. The Kier molecular flexibility index (Phi) is 57.0. The molecule has 0 radical (unpaired) electrons. The molecule has 406 valence electrons. The van der Waals surface area contributed by atoms with Crippen LogP contribution in [0.1, 0.15) is 328 Å². The number of allylic oxidation sites excluding steroid dienone is 5. The van der Waals surface area contributed by atoms with Gasteiger partial charge in [-0.2, -0.15) is 0 Å². The monoisotopic (exact) mass is 970 g/mol. The molecule has 0 aliphatic rings. The second-order valence-corrected chi connectivity index (χ2v) is 21.0. The molecule has 6 nitrogen and oxygen atoms in total. The molecule has 0 spiro atoms. The zero-order valence-corrected chi connectivity index (χ0v) is 46.3. The molecule has 2 unspecified atom stereocenters. The molecule has 0 fully saturated rings. The normalized spacial score (nSPS) is 12.8. The average molecular weight is 971 g/mol. The third kappa shape index (κ3) is 55.2. The standard InChI is InChI=1S/C63H119NO5/c1-3-5-7-9-11-13-15-16-33-37-41-45-49-53-57-63(68)69-58-54-50-46-42-38-34-31-29-27-25-23-21-19-17-18-20-22-24-26-28-30-32-36-40-44-48-52-56-62(67)64-60(59-65)61(66)55-51-47-43-39-35-14-12-10-8-6-4-2/h15-18,51,55,60-61,65-66H,3-14,19-50,52-54,56-59H2,1-2H3,(H,64,67)/b16-15-,18-17-,55-51+. The van der Waals surface area contributed by atoms with Crippen molar-refractivity contribution in [1.82, 2.24) is 5.32 Å². The molecule has 0 rings (SSSR count). The van der Waals surface area contributed by atoms with Crippen LogP contribution < -0.4 is 5.32 Å². The van der Waals surface area contributed by atoms with Gasteiger partial charge in [0.05, 0.1) is 25.4 Å². The van der Waals surface area contributed by atoms with E-state index in [-0.39, 0.29) is 18.5 Å². The van der Waals surface area contributed by atoms with Crippen molar-refractivity contribution in [2.24, 2.45) is 0 Å². The Hall–Kier alpha value is -1.92. The number of nitrogens with one attached hydrogen (secondary N) is 1. The van der Waals surface area contributed by atoms with Crippen LogP contribution in [0.15, 0.2) is 36.5 Å². The van der Waals surface area contributed by atoms with Gasteiger partial charge >= 0.3 is 5.97 Å². The molecular weight excluding hydrogens is 851 g/mol. The van der Waals surface area contributed by atoms with Crippen molar-refractivity contribution < 1.29 is 24.5 Å². The van der Waals surface area contributed by atoms with Gasteiger partial charge in [0, 0.05) is 12.8 Å². The molecule has 0 saturated heterocycles. The summed E-state index contributed by atoms with van der Waals surface area (Å²) in [7, 11) is 0. The lowest BCUT2D eigenvalue weighted by atomic mass is 10.0. The summed E-state index contributed by atoms with van der Waals surface area (Å²) in [6, 6.07) is -0.627. The van der Waals surface area contributed by atoms with Crippen LogP contribution in [-0.4, -0.2) is 47.4 Å². The Labute approximate surface area is 430 Å². The summed E-state index contributed by atoms with van der Waals surface area (Å²) >= 11 is 0. The van der Waals surface area contributed by atoms with Crippen LogP contribution >= 0.6 is 0 Å². The molecule has 2 atom stereocenters. The number of ether oxygens (including phenoxy) is 1. The summed E-state index contributed by atoms with van der Waals surface area (Å²) in [6.07, 6.45) is 73.4. The van der Waals surface area contributed by atoms with Crippen LogP contribution in [0.4, 0.5) is 0 Å². The number of hydrogen-bond acceptors (Lipinski definition) is 5. The highest BCUT2D eigenvalue weighted by atomic mass is 16.5. The lowest BCUT2D eigenvalue weighted by Crippen LogP contribution is -2.45. The van der Waals surface area contributed by atoms with Crippen LogP contribution in [0.3, 0.4) is 0 Å². The zero-order valence-electron chi connectivity index (χ0n) is 46.3. The van der Waals surface area contributed by atoms with Gasteiger partial charge in [0.25, 0.3) is 0 Å². The highest BCUT2D eigenvalue weighted by Gasteiger charge is 2.18. The van der Waals surface area contributed by atoms with E-state index in [2.05, 4.69) is 43.5 Å². The van der Waals surface area contributed by atoms with E-state index in [0.717, 1.165) is 44.9 Å². The molecule has 0 aromatic carbocycles. The lowest BCUT2D eigenvalue weighted by molar-refractivity contribution is -0.143. The predicted octanol–water partition coefficient (Wildman–Crippen LogP) is 19.2. The Morgan fingerprint density at radius 1 is 0.391 bits per heavy atom. The first-order chi connectivity index (χ1) is 34.0. The zero-order chi connectivity index (χ0) is 50.0. The van der Waals surface area contributed by atoms with Crippen LogP contribution in [-0.2, 0) is 14.3 Å². The average Bonchev–Trinajstić information content (AvgIpc) is 3.35. The molecule has 0 saturated carbocycles. The van der Waals surface area contributed by atoms with Gasteiger partial charge in [0.15, 0.2) is 0 Å². The number of carbonyl (C=O) groups excluding carboxylic acids is 2. The topological polar surface area (TPSA) is 95.9 Å². The maximum atomic E-state index is 12.4. The van der Waals surface area contributed by atoms with Crippen molar-refractivity contribution >= 4 is 11.9 Å². The number of carbonyl (C=O) groups is 2. The number of unbranched alkanes of at least 4 members (excludes halogenated alkanes) is 42. The molecule has 6 heteroatoms. The van der Waals surface area contributed by atoms with E-state index < -0.39 is 12.1 Å². The minimum Gasteiger partial charge on any atom is -0.466 e. The summed E-state index contributed by atoms with van der Waals surface area (Å²) in [6.45, 7) is 4.89. The van der Waals surface area contributed by atoms with E-state index in [1.165, 1.54) is 257 Å². The van der Waals surface area contributed by atoms with Crippen molar-refractivity contribution in [3.05, 3.63) is 36.5 Å². The Balaban J connectivity index is 3.38. The van der Waals surface area contributed by atoms with Gasteiger partial charge in [-0.3, -0.25) is 9.59 Å². The number of hydrogen-bond donors (Lipinski definition) is 3. The second kappa shape index (κ2) is 58.6.